The Morgan fingerprint density at radius 1 is 1.19 bits per heavy atom. The lowest BCUT2D eigenvalue weighted by atomic mass is 9.82. The van der Waals surface area contributed by atoms with Gasteiger partial charge in [-0.2, -0.15) is 5.10 Å². The second-order valence-electron chi connectivity index (χ2n) is 7.33. The van der Waals surface area contributed by atoms with Crippen LogP contribution in [0.25, 0.3) is 0 Å². The van der Waals surface area contributed by atoms with Crippen LogP contribution in [0.1, 0.15) is 65.8 Å². The molecule has 2 amide bonds. The number of benzene rings is 1. The molecule has 0 aliphatic rings. The minimum atomic E-state index is -0.574. The number of hydrogen-bond acceptors (Lipinski definition) is 4. The lowest BCUT2D eigenvalue weighted by Gasteiger charge is -2.32. The number of nitrogens with one attached hydrogen (secondary N) is 2. The van der Waals surface area contributed by atoms with Crippen LogP contribution in [0.5, 0.6) is 0 Å². The Kier molecular flexibility index (Phi) is 5.82. The SMILES string of the molecule is CCc1cc(C(=O)NC(c2ccc(C(=O)NO)cc2)C(C)(C)C)n(C)n1. The summed E-state index contributed by atoms with van der Waals surface area (Å²) < 4.78 is 1.59. The van der Waals surface area contributed by atoms with E-state index in [1.54, 1.807) is 47.5 Å². The number of aromatic nitrogens is 2. The van der Waals surface area contributed by atoms with Gasteiger partial charge in [-0.1, -0.05) is 39.8 Å². The molecule has 0 radical (unpaired) electrons. The average molecular weight is 358 g/mol. The first kappa shape index (κ1) is 19.7. The van der Waals surface area contributed by atoms with Crippen molar-refractivity contribution >= 4 is 11.8 Å². The molecular formula is C19H26N4O3. The number of nitrogens with zero attached hydrogens (tertiary/aromatic N) is 2. The van der Waals surface area contributed by atoms with Crippen molar-refractivity contribution in [2.24, 2.45) is 12.5 Å². The average Bonchev–Trinajstić information content (AvgIpc) is 2.99. The fourth-order valence-electron chi connectivity index (χ4n) is 2.81. The Morgan fingerprint density at radius 3 is 2.27 bits per heavy atom. The molecule has 1 aromatic heterocycles. The molecule has 7 heteroatoms. The van der Waals surface area contributed by atoms with E-state index in [2.05, 4.69) is 10.4 Å². The molecule has 140 valence electrons. The topological polar surface area (TPSA) is 96.3 Å². The van der Waals surface area contributed by atoms with Gasteiger partial charge in [0.25, 0.3) is 11.8 Å². The number of aryl methyl sites for hydroxylation is 2. The summed E-state index contributed by atoms with van der Waals surface area (Å²) in [5.41, 5.74) is 3.95. The number of carbonyl (C=O) groups excluding carboxylic acids is 2. The molecule has 26 heavy (non-hydrogen) atoms. The second-order valence-corrected chi connectivity index (χ2v) is 7.33. The molecular weight excluding hydrogens is 332 g/mol. The zero-order valence-electron chi connectivity index (χ0n) is 15.8. The smallest absolute Gasteiger partial charge is 0.274 e. The molecule has 0 saturated heterocycles. The summed E-state index contributed by atoms with van der Waals surface area (Å²) in [5, 5.41) is 16.1. The monoisotopic (exact) mass is 358 g/mol. The molecule has 0 bridgehead atoms. The van der Waals surface area contributed by atoms with Gasteiger partial charge in [0.05, 0.1) is 11.7 Å². The Labute approximate surface area is 153 Å². The number of hydrogen-bond donors (Lipinski definition) is 3. The zero-order chi connectivity index (χ0) is 19.5. The largest absolute Gasteiger partial charge is 0.343 e. The van der Waals surface area contributed by atoms with Gasteiger partial charge in [0, 0.05) is 12.6 Å². The highest BCUT2D eigenvalue weighted by Crippen LogP contribution is 2.33. The van der Waals surface area contributed by atoms with Crippen LogP contribution in [0.3, 0.4) is 0 Å². The number of carbonyl (C=O) groups is 2. The molecule has 2 aromatic rings. The van der Waals surface area contributed by atoms with Gasteiger partial charge in [-0.3, -0.25) is 19.5 Å². The Morgan fingerprint density at radius 2 is 1.81 bits per heavy atom. The van der Waals surface area contributed by atoms with Crippen LogP contribution in [-0.2, 0) is 13.5 Å². The van der Waals surface area contributed by atoms with E-state index >= 15 is 0 Å². The molecule has 1 atom stereocenters. The summed E-state index contributed by atoms with van der Waals surface area (Å²) in [5.74, 6) is -0.772. The van der Waals surface area contributed by atoms with Crippen LogP contribution in [0.4, 0.5) is 0 Å². The molecule has 1 aromatic carbocycles. The molecule has 2 rings (SSSR count). The second kappa shape index (κ2) is 7.70. The van der Waals surface area contributed by atoms with Crippen molar-refractivity contribution in [1.82, 2.24) is 20.6 Å². The van der Waals surface area contributed by atoms with Gasteiger partial charge in [-0.05, 0) is 35.6 Å². The molecule has 7 nitrogen and oxygen atoms in total. The maximum Gasteiger partial charge on any atom is 0.274 e. The van der Waals surface area contributed by atoms with Crippen LogP contribution in [0.15, 0.2) is 30.3 Å². The lowest BCUT2D eigenvalue weighted by molar-refractivity contribution is 0.0706. The zero-order valence-corrected chi connectivity index (χ0v) is 15.8. The summed E-state index contributed by atoms with van der Waals surface area (Å²) in [6.07, 6.45) is 0.762. The predicted molar refractivity (Wildman–Crippen MR) is 97.9 cm³/mol. The van der Waals surface area contributed by atoms with E-state index in [4.69, 9.17) is 5.21 Å². The van der Waals surface area contributed by atoms with Crippen molar-refractivity contribution in [3.8, 4) is 0 Å². The molecule has 0 aliphatic carbocycles. The van der Waals surface area contributed by atoms with Gasteiger partial charge >= 0.3 is 0 Å². The molecule has 0 aliphatic heterocycles. The predicted octanol–water partition coefficient (Wildman–Crippen LogP) is 2.62. The highest BCUT2D eigenvalue weighted by atomic mass is 16.5. The Balaban J connectivity index is 2.29. The van der Waals surface area contributed by atoms with E-state index in [1.807, 2.05) is 27.7 Å². The molecule has 3 N–H and O–H groups in total. The van der Waals surface area contributed by atoms with E-state index in [1.165, 1.54) is 0 Å². The van der Waals surface area contributed by atoms with Crippen LogP contribution in [0, 0.1) is 5.41 Å². The van der Waals surface area contributed by atoms with E-state index in [0.29, 0.717) is 11.3 Å². The van der Waals surface area contributed by atoms with Gasteiger partial charge in [-0.15, -0.1) is 0 Å². The Bertz CT molecular complexity index is 788. The summed E-state index contributed by atoms with van der Waals surface area (Å²) >= 11 is 0. The molecule has 0 fully saturated rings. The first-order chi connectivity index (χ1) is 12.2. The van der Waals surface area contributed by atoms with E-state index in [9.17, 15) is 9.59 Å². The maximum atomic E-state index is 12.8. The summed E-state index contributed by atoms with van der Waals surface area (Å²) in [7, 11) is 1.75. The lowest BCUT2D eigenvalue weighted by Crippen LogP contribution is -2.37. The standard InChI is InChI=1S/C19H26N4O3/c1-6-14-11-15(23(5)21-14)18(25)20-16(19(2,3)4)12-7-9-13(10-8-12)17(24)22-26/h7-11,16,26H,6H2,1-5H3,(H,20,25)(H,22,24). The Hall–Kier alpha value is -2.67. The molecule has 1 unspecified atom stereocenters. The van der Waals surface area contributed by atoms with Crippen LogP contribution < -0.4 is 10.8 Å². The van der Waals surface area contributed by atoms with Crippen molar-refractivity contribution in [1.29, 1.82) is 0 Å². The van der Waals surface area contributed by atoms with E-state index < -0.39 is 5.91 Å². The van der Waals surface area contributed by atoms with Crippen molar-refractivity contribution in [3.05, 3.63) is 52.8 Å². The first-order valence-corrected chi connectivity index (χ1v) is 8.55. The molecule has 0 saturated carbocycles. The highest BCUT2D eigenvalue weighted by Gasteiger charge is 2.29. The van der Waals surface area contributed by atoms with Crippen LogP contribution in [0.2, 0.25) is 0 Å². The van der Waals surface area contributed by atoms with Crippen molar-refractivity contribution in [2.45, 2.75) is 40.2 Å². The number of amides is 2. The van der Waals surface area contributed by atoms with E-state index in [-0.39, 0.29) is 17.4 Å². The maximum absolute atomic E-state index is 12.8. The van der Waals surface area contributed by atoms with Crippen molar-refractivity contribution < 1.29 is 14.8 Å². The van der Waals surface area contributed by atoms with Crippen LogP contribution in [-0.4, -0.2) is 26.8 Å². The first-order valence-electron chi connectivity index (χ1n) is 8.55. The summed E-state index contributed by atoms with van der Waals surface area (Å²) in [6.45, 7) is 8.10. The third kappa shape index (κ3) is 4.29. The van der Waals surface area contributed by atoms with Crippen molar-refractivity contribution in [3.63, 3.8) is 0 Å². The number of rotatable bonds is 5. The van der Waals surface area contributed by atoms with Gasteiger partial charge < -0.3 is 5.32 Å². The minimum Gasteiger partial charge on any atom is -0.343 e. The quantitative estimate of drug-likeness (QED) is 0.565. The van der Waals surface area contributed by atoms with Crippen LogP contribution >= 0.6 is 0 Å². The minimum absolute atomic E-state index is 0.197. The highest BCUT2D eigenvalue weighted by molar-refractivity contribution is 5.94. The van der Waals surface area contributed by atoms with Gasteiger partial charge in [-0.25, -0.2) is 5.48 Å². The normalized spacial score (nSPS) is 12.5. The van der Waals surface area contributed by atoms with Gasteiger partial charge in [0.15, 0.2) is 0 Å². The van der Waals surface area contributed by atoms with Crippen molar-refractivity contribution in [2.75, 3.05) is 0 Å². The number of hydroxylamine groups is 1. The summed E-state index contributed by atoms with van der Waals surface area (Å²) in [4.78, 5) is 24.3. The van der Waals surface area contributed by atoms with E-state index in [0.717, 1.165) is 17.7 Å². The third-order valence-electron chi connectivity index (χ3n) is 4.27. The summed E-state index contributed by atoms with van der Waals surface area (Å²) in [6, 6.07) is 8.32. The molecule has 0 spiro atoms. The third-order valence-corrected chi connectivity index (χ3v) is 4.27. The molecule has 1 heterocycles. The fourth-order valence-corrected chi connectivity index (χ4v) is 2.81. The van der Waals surface area contributed by atoms with Gasteiger partial charge in [0.2, 0.25) is 0 Å². The van der Waals surface area contributed by atoms with Gasteiger partial charge in [0.1, 0.15) is 5.69 Å². The fraction of sp³-hybridized carbons (Fsp3) is 0.421.